The van der Waals surface area contributed by atoms with Crippen molar-refractivity contribution < 1.29 is 19.4 Å². The van der Waals surface area contributed by atoms with Gasteiger partial charge in [-0.2, -0.15) is 0 Å². The summed E-state index contributed by atoms with van der Waals surface area (Å²) in [7, 11) is 0. The van der Waals surface area contributed by atoms with Crippen molar-refractivity contribution in [3.05, 3.63) is 0 Å². The predicted molar refractivity (Wildman–Crippen MR) is 99.1 cm³/mol. The summed E-state index contributed by atoms with van der Waals surface area (Å²) in [6.07, 6.45) is 2.96. The van der Waals surface area contributed by atoms with Crippen LogP contribution in [0.4, 0.5) is 0 Å². The summed E-state index contributed by atoms with van der Waals surface area (Å²) in [5.41, 5.74) is -0.0254. The molecule has 8 heteroatoms. The molecule has 0 bridgehead atoms. The molecule has 2 atom stereocenters. The molecule has 1 spiro atoms. The van der Waals surface area contributed by atoms with E-state index in [1.165, 1.54) is 6.92 Å². The first kappa shape index (κ1) is 19.1. The molecular weight excluding hydrogens is 348 g/mol. The van der Waals surface area contributed by atoms with Crippen molar-refractivity contribution in [3.63, 3.8) is 0 Å². The Balaban J connectivity index is 1.40. The summed E-state index contributed by atoms with van der Waals surface area (Å²) in [5.74, 6) is 0.00258. The molecule has 0 saturated carbocycles. The third kappa shape index (κ3) is 3.85. The van der Waals surface area contributed by atoms with Crippen LogP contribution in [-0.2, 0) is 14.3 Å². The van der Waals surface area contributed by atoms with Crippen molar-refractivity contribution >= 4 is 11.8 Å². The Morgan fingerprint density at radius 3 is 2.59 bits per heavy atom. The smallest absolute Gasteiger partial charge is 0.224 e. The average Bonchev–Trinajstić information content (AvgIpc) is 2.99. The number of aliphatic hydroxyl groups excluding tert-OH is 1. The summed E-state index contributed by atoms with van der Waals surface area (Å²) >= 11 is 0. The van der Waals surface area contributed by atoms with Crippen molar-refractivity contribution in [2.75, 3.05) is 52.5 Å². The largest absolute Gasteiger partial charge is 0.392 e. The molecule has 0 aromatic carbocycles. The van der Waals surface area contributed by atoms with E-state index in [-0.39, 0.29) is 29.5 Å². The number of carbonyl (C=O) groups is 2. The lowest BCUT2D eigenvalue weighted by molar-refractivity contribution is -0.157. The van der Waals surface area contributed by atoms with E-state index in [1.54, 1.807) is 0 Å². The average molecular weight is 380 g/mol. The molecule has 2 amide bonds. The maximum atomic E-state index is 12.7. The number of amides is 2. The molecule has 8 nitrogen and oxygen atoms in total. The van der Waals surface area contributed by atoms with Gasteiger partial charge in [-0.05, 0) is 19.3 Å². The van der Waals surface area contributed by atoms with E-state index in [0.717, 1.165) is 58.7 Å². The van der Waals surface area contributed by atoms with Crippen LogP contribution in [0.15, 0.2) is 0 Å². The van der Waals surface area contributed by atoms with Gasteiger partial charge in [-0.25, -0.2) is 0 Å². The van der Waals surface area contributed by atoms with E-state index in [2.05, 4.69) is 15.1 Å². The second-order valence-corrected chi connectivity index (χ2v) is 8.68. The number of ether oxygens (including phenoxy) is 1. The van der Waals surface area contributed by atoms with Crippen LogP contribution < -0.4 is 5.32 Å². The van der Waals surface area contributed by atoms with Gasteiger partial charge in [0.05, 0.1) is 11.6 Å². The number of hydrogen-bond acceptors (Lipinski definition) is 6. The molecule has 2 N–H and O–H groups in total. The van der Waals surface area contributed by atoms with Crippen LogP contribution in [0.3, 0.4) is 0 Å². The Morgan fingerprint density at radius 2 is 1.89 bits per heavy atom. The van der Waals surface area contributed by atoms with Crippen LogP contribution in [0.2, 0.25) is 0 Å². The molecule has 4 heterocycles. The SMILES string of the molecule is CC(=O)NCCC(=O)N1C[C@H]2C[C@@H](O)CN2C2(C1)CN(C1CCOCC1)C2. The first-order valence-electron chi connectivity index (χ1n) is 10.3. The van der Waals surface area contributed by atoms with Crippen LogP contribution in [0.5, 0.6) is 0 Å². The molecule has 0 radical (unpaired) electrons. The Hall–Kier alpha value is -1.22. The van der Waals surface area contributed by atoms with E-state index >= 15 is 0 Å². The standard InChI is InChI=1S/C19H32N4O4/c1-14(24)20-5-2-18(26)21-9-16-8-17(25)10-23(16)19(11-21)12-22(13-19)15-3-6-27-7-4-15/h15-17,25H,2-13H2,1H3,(H,20,24)/t16-,17-/m1/s1. The molecule has 0 unspecified atom stereocenters. The lowest BCUT2D eigenvalue weighted by Crippen LogP contribution is -2.79. The molecule has 4 aliphatic rings. The molecule has 4 fully saturated rings. The third-order valence-electron chi connectivity index (χ3n) is 6.69. The minimum atomic E-state index is -0.293. The van der Waals surface area contributed by atoms with Gasteiger partial charge >= 0.3 is 0 Å². The maximum Gasteiger partial charge on any atom is 0.224 e. The third-order valence-corrected chi connectivity index (χ3v) is 6.69. The molecule has 4 saturated heterocycles. The van der Waals surface area contributed by atoms with Crippen LogP contribution >= 0.6 is 0 Å². The topological polar surface area (TPSA) is 85.3 Å². The first-order valence-corrected chi connectivity index (χ1v) is 10.3. The van der Waals surface area contributed by atoms with Gasteiger partial charge in [-0.15, -0.1) is 0 Å². The Labute approximate surface area is 160 Å². The molecule has 152 valence electrons. The fourth-order valence-corrected chi connectivity index (χ4v) is 5.40. The van der Waals surface area contributed by atoms with Gasteiger partial charge in [-0.1, -0.05) is 0 Å². The number of likely N-dealkylation sites (tertiary alicyclic amines) is 1. The highest BCUT2D eigenvalue weighted by molar-refractivity contribution is 5.78. The summed E-state index contributed by atoms with van der Waals surface area (Å²) in [6, 6.07) is 0.830. The van der Waals surface area contributed by atoms with Crippen LogP contribution in [0.25, 0.3) is 0 Å². The van der Waals surface area contributed by atoms with Gasteiger partial charge in [0.15, 0.2) is 0 Å². The zero-order valence-corrected chi connectivity index (χ0v) is 16.2. The van der Waals surface area contributed by atoms with Gasteiger partial charge < -0.3 is 20.1 Å². The van der Waals surface area contributed by atoms with Gasteiger partial charge in [0.2, 0.25) is 11.8 Å². The highest BCUT2D eigenvalue weighted by Gasteiger charge is 2.57. The van der Waals surface area contributed by atoms with E-state index in [1.807, 2.05) is 4.90 Å². The monoisotopic (exact) mass is 380 g/mol. The van der Waals surface area contributed by atoms with Crippen molar-refractivity contribution in [2.24, 2.45) is 0 Å². The van der Waals surface area contributed by atoms with Gasteiger partial charge in [0.25, 0.3) is 0 Å². The number of carbonyl (C=O) groups excluding carboxylic acids is 2. The van der Waals surface area contributed by atoms with Crippen molar-refractivity contribution in [1.82, 2.24) is 20.0 Å². The fraction of sp³-hybridized carbons (Fsp3) is 0.895. The number of piperazine rings is 1. The normalized spacial score (nSPS) is 31.6. The number of β-amino-alcohol motifs (C(OH)–C–C–N with tert-alkyl or cyclic N) is 1. The highest BCUT2D eigenvalue weighted by Crippen LogP contribution is 2.40. The van der Waals surface area contributed by atoms with Crippen molar-refractivity contribution in [1.29, 1.82) is 0 Å². The van der Waals surface area contributed by atoms with Crippen molar-refractivity contribution in [2.45, 2.75) is 56.3 Å². The minimum Gasteiger partial charge on any atom is -0.392 e. The number of aliphatic hydroxyl groups is 1. The zero-order valence-electron chi connectivity index (χ0n) is 16.2. The first-order chi connectivity index (χ1) is 13.0. The van der Waals surface area contributed by atoms with Crippen LogP contribution in [0.1, 0.15) is 32.6 Å². The molecule has 4 aliphatic heterocycles. The molecule has 4 rings (SSSR count). The minimum absolute atomic E-state index is 0.0254. The summed E-state index contributed by atoms with van der Waals surface area (Å²) in [5, 5.41) is 12.9. The quantitative estimate of drug-likeness (QED) is 0.652. The molecule has 0 aromatic heterocycles. The summed E-state index contributed by atoms with van der Waals surface area (Å²) in [4.78, 5) is 30.8. The summed E-state index contributed by atoms with van der Waals surface area (Å²) < 4.78 is 5.49. The van der Waals surface area contributed by atoms with Crippen LogP contribution in [0, 0.1) is 0 Å². The Bertz CT molecular complexity index is 574. The second kappa shape index (κ2) is 7.66. The van der Waals surface area contributed by atoms with Crippen LogP contribution in [-0.4, -0.2) is 108 Å². The van der Waals surface area contributed by atoms with Gasteiger partial charge in [0.1, 0.15) is 0 Å². The number of fused-ring (bicyclic) bond motifs is 2. The van der Waals surface area contributed by atoms with E-state index < -0.39 is 0 Å². The Kier molecular flexibility index (Phi) is 5.42. The fourth-order valence-electron chi connectivity index (χ4n) is 5.40. The van der Waals surface area contributed by atoms with Gasteiger partial charge in [0, 0.05) is 77.9 Å². The molecular formula is C19H32N4O4. The summed E-state index contributed by atoms with van der Waals surface area (Å²) in [6.45, 7) is 7.62. The second-order valence-electron chi connectivity index (χ2n) is 8.68. The molecule has 0 aromatic rings. The number of nitrogens with zero attached hydrogens (tertiary/aromatic N) is 3. The number of nitrogens with one attached hydrogen (secondary N) is 1. The Morgan fingerprint density at radius 1 is 1.15 bits per heavy atom. The lowest BCUT2D eigenvalue weighted by Gasteiger charge is -2.62. The molecule has 27 heavy (non-hydrogen) atoms. The zero-order chi connectivity index (χ0) is 19.0. The van der Waals surface area contributed by atoms with E-state index in [0.29, 0.717) is 25.6 Å². The predicted octanol–water partition coefficient (Wildman–Crippen LogP) is -0.977. The highest BCUT2D eigenvalue weighted by atomic mass is 16.5. The van der Waals surface area contributed by atoms with E-state index in [4.69, 9.17) is 4.74 Å². The van der Waals surface area contributed by atoms with E-state index in [9.17, 15) is 14.7 Å². The van der Waals surface area contributed by atoms with Crippen molar-refractivity contribution in [3.8, 4) is 0 Å². The number of rotatable bonds is 4. The lowest BCUT2D eigenvalue weighted by atomic mass is 9.81. The molecule has 0 aliphatic carbocycles. The number of hydrogen-bond donors (Lipinski definition) is 2. The maximum absolute atomic E-state index is 12.7. The van der Waals surface area contributed by atoms with Gasteiger partial charge in [-0.3, -0.25) is 19.4 Å².